The topological polar surface area (TPSA) is 104 Å². The molecule has 0 atom stereocenters. The van der Waals surface area contributed by atoms with E-state index in [4.69, 9.17) is 9.47 Å². The summed E-state index contributed by atoms with van der Waals surface area (Å²) in [6.45, 7) is 8.56. The van der Waals surface area contributed by atoms with Crippen LogP contribution in [0.4, 0.5) is 0 Å². The molecule has 0 amide bonds. The Morgan fingerprint density at radius 2 is 1.70 bits per heavy atom. The van der Waals surface area contributed by atoms with Gasteiger partial charge in [0.05, 0.1) is 23.2 Å². The average Bonchev–Trinajstić information content (AvgIpc) is 3.42. The van der Waals surface area contributed by atoms with Crippen LogP contribution in [-0.2, 0) is 6.54 Å². The summed E-state index contributed by atoms with van der Waals surface area (Å²) in [7, 11) is 0. The SMILES string of the molecule is Br.CC(C)(C)Cn1nnc2c(Br)c(OCCCCOc3ccc(-c4nn[nH]n4)cc3)ccc21. The number of unbranched alkanes of at least 4 members (excludes halogenated alkanes) is 1. The summed E-state index contributed by atoms with van der Waals surface area (Å²) in [5.74, 6) is 2.15. The maximum Gasteiger partial charge on any atom is 0.204 e. The lowest BCUT2D eigenvalue weighted by Crippen LogP contribution is -2.16. The van der Waals surface area contributed by atoms with Crippen LogP contribution in [0.1, 0.15) is 33.6 Å². The van der Waals surface area contributed by atoms with Gasteiger partial charge >= 0.3 is 0 Å². The largest absolute Gasteiger partial charge is 0.494 e. The Hall–Kier alpha value is -2.53. The third kappa shape index (κ3) is 6.50. The van der Waals surface area contributed by atoms with Gasteiger partial charge in [-0.1, -0.05) is 26.0 Å². The number of ether oxygens (including phenoxy) is 2. The number of rotatable bonds is 9. The van der Waals surface area contributed by atoms with Crippen molar-refractivity contribution in [3.8, 4) is 22.9 Å². The van der Waals surface area contributed by atoms with Gasteiger partial charge in [-0.3, -0.25) is 0 Å². The monoisotopic (exact) mass is 579 g/mol. The number of fused-ring (bicyclic) bond motifs is 1. The van der Waals surface area contributed by atoms with E-state index in [1.165, 1.54) is 0 Å². The van der Waals surface area contributed by atoms with E-state index >= 15 is 0 Å². The Labute approximate surface area is 211 Å². The number of nitrogens with one attached hydrogen (secondary N) is 1. The van der Waals surface area contributed by atoms with Crippen molar-refractivity contribution in [2.75, 3.05) is 13.2 Å². The Bertz CT molecular complexity index is 1160. The van der Waals surface area contributed by atoms with E-state index in [2.05, 4.69) is 67.6 Å². The minimum Gasteiger partial charge on any atom is -0.494 e. The van der Waals surface area contributed by atoms with Crippen molar-refractivity contribution in [2.24, 2.45) is 5.41 Å². The molecule has 1 N–H and O–H groups in total. The van der Waals surface area contributed by atoms with Gasteiger partial charge in [0.2, 0.25) is 5.82 Å². The van der Waals surface area contributed by atoms with Gasteiger partial charge in [-0.05, 0) is 75.8 Å². The van der Waals surface area contributed by atoms with Crippen LogP contribution in [0.3, 0.4) is 0 Å². The number of aromatic nitrogens is 7. The highest BCUT2D eigenvalue weighted by Crippen LogP contribution is 2.32. The van der Waals surface area contributed by atoms with Gasteiger partial charge in [-0.15, -0.1) is 32.3 Å². The molecule has 0 saturated carbocycles. The first-order chi connectivity index (χ1) is 15.4. The Morgan fingerprint density at radius 1 is 0.970 bits per heavy atom. The predicted molar refractivity (Wildman–Crippen MR) is 135 cm³/mol. The first-order valence-corrected chi connectivity index (χ1v) is 11.3. The lowest BCUT2D eigenvalue weighted by Gasteiger charge is -2.18. The summed E-state index contributed by atoms with van der Waals surface area (Å²) in [5.41, 5.74) is 2.83. The molecule has 0 aliphatic heterocycles. The molecule has 0 aliphatic rings. The lowest BCUT2D eigenvalue weighted by atomic mass is 9.97. The molecule has 4 rings (SSSR count). The first kappa shape index (κ1) is 25.1. The molecule has 4 aromatic rings. The third-order valence-corrected chi connectivity index (χ3v) is 5.50. The maximum atomic E-state index is 5.96. The molecule has 176 valence electrons. The number of halogens is 2. The van der Waals surface area contributed by atoms with Crippen LogP contribution < -0.4 is 9.47 Å². The molecule has 0 radical (unpaired) electrons. The van der Waals surface area contributed by atoms with Gasteiger partial charge in [0.25, 0.3) is 0 Å². The van der Waals surface area contributed by atoms with Gasteiger partial charge in [-0.2, -0.15) is 5.21 Å². The Kier molecular flexibility index (Phi) is 8.41. The number of H-pyrrole nitrogens is 1. The van der Waals surface area contributed by atoms with E-state index in [1.807, 2.05) is 41.1 Å². The highest BCUT2D eigenvalue weighted by Gasteiger charge is 2.17. The van der Waals surface area contributed by atoms with Crippen molar-refractivity contribution in [2.45, 2.75) is 40.2 Å². The zero-order valence-corrected chi connectivity index (χ0v) is 22.1. The minimum atomic E-state index is 0. The summed E-state index contributed by atoms with van der Waals surface area (Å²) < 4.78 is 14.5. The first-order valence-electron chi connectivity index (χ1n) is 10.5. The van der Waals surface area contributed by atoms with E-state index in [0.717, 1.165) is 52.0 Å². The summed E-state index contributed by atoms with van der Waals surface area (Å²) in [6, 6.07) is 11.6. The highest BCUT2D eigenvalue weighted by molar-refractivity contribution is 9.10. The van der Waals surface area contributed by atoms with Crippen molar-refractivity contribution in [1.29, 1.82) is 0 Å². The van der Waals surface area contributed by atoms with Crippen LogP contribution in [0.5, 0.6) is 11.5 Å². The third-order valence-electron chi connectivity index (χ3n) is 4.74. The molecule has 2 aromatic heterocycles. The number of aromatic amines is 1. The van der Waals surface area contributed by atoms with E-state index in [-0.39, 0.29) is 22.4 Å². The molecule has 9 nitrogen and oxygen atoms in total. The number of tetrazole rings is 1. The van der Waals surface area contributed by atoms with Crippen LogP contribution in [0, 0.1) is 5.41 Å². The second-order valence-electron chi connectivity index (χ2n) is 8.72. The standard InChI is InChI=1S/C22H26BrN7O2.BrH/c1-22(2,3)14-30-17-10-11-18(19(23)20(17)24-29-30)32-13-5-4-12-31-16-8-6-15(7-9-16)21-25-27-28-26-21;/h6-11H,4-5,12-14H2,1-3H3,(H,25,26,27,28);1H. The smallest absolute Gasteiger partial charge is 0.204 e. The van der Waals surface area contributed by atoms with Gasteiger partial charge in [0, 0.05) is 12.1 Å². The van der Waals surface area contributed by atoms with Gasteiger partial charge in [0.15, 0.2) is 0 Å². The second kappa shape index (κ2) is 11.1. The lowest BCUT2D eigenvalue weighted by molar-refractivity contribution is 0.266. The van der Waals surface area contributed by atoms with E-state index < -0.39 is 0 Å². The van der Waals surface area contributed by atoms with E-state index in [1.54, 1.807) is 0 Å². The molecule has 11 heteroatoms. The molecular formula is C22H27Br2N7O2. The van der Waals surface area contributed by atoms with Crippen molar-refractivity contribution >= 4 is 43.9 Å². The zero-order valence-electron chi connectivity index (χ0n) is 18.8. The van der Waals surface area contributed by atoms with Crippen LogP contribution >= 0.6 is 32.9 Å². The number of hydrogen-bond donors (Lipinski definition) is 1. The maximum absolute atomic E-state index is 5.96. The Morgan fingerprint density at radius 3 is 2.36 bits per heavy atom. The van der Waals surface area contributed by atoms with Crippen molar-refractivity contribution in [3.63, 3.8) is 0 Å². The van der Waals surface area contributed by atoms with Crippen LogP contribution in [0.15, 0.2) is 40.9 Å². The number of hydrogen-bond acceptors (Lipinski definition) is 7. The molecule has 2 heterocycles. The zero-order chi connectivity index (χ0) is 22.6. The van der Waals surface area contributed by atoms with Gasteiger partial charge < -0.3 is 9.47 Å². The minimum absolute atomic E-state index is 0. The van der Waals surface area contributed by atoms with Crippen molar-refractivity contribution in [3.05, 3.63) is 40.9 Å². The fourth-order valence-corrected chi connectivity index (χ4v) is 3.75. The van der Waals surface area contributed by atoms with E-state index in [0.29, 0.717) is 19.0 Å². The highest BCUT2D eigenvalue weighted by atomic mass is 79.9. The van der Waals surface area contributed by atoms with Crippen LogP contribution in [0.2, 0.25) is 0 Å². The predicted octanol–water partition coefficient (Wildman–Crippen LogP) is 5.24. The molecule has 0 aliphatic carbocycles. The number of nitrogens with zero attached hydrogens (tertiary/aromatic N) is 6. The molecule has 2 aromatic carbocycles. The van der Waals surface area contributed by atoms with Crippen LogP contribution in [-0.4, -0.2) is 48.8 Å². The summed E-state index contributed by atoms with van der Waals surface area (Å²) in [5, 5.41) is 22.6. The summed E-state index contributed by atoms with van der Waals surface area (Å²) in [4.78, 5) is 0. The quantitative estimate of drug-likeness (QED) is 0.270. The molecule has 0 spiro atoms. The average molecular weight is 581 g/mol. The Balaban J connectivity index is 0.00000306. The molecule has 0 unspecified atom stereocenters. The fourth-order valence-electron chi connectivity index (χ4n) is 3.22. The number of benzene rings is 2. The molecular weight excluding hydrogens is 554 g/mol. The van der Waals surface area contributed by atoms with E-state index in [9.17, 15) is 0 Å². The molecule has 0 saturated heterocycles. The van der Waals surface area contributed by atoms with Gasteiger partial charge in [0.1, 0.15) is 17.0 Å². The molecule has 0 fully saturated rings. The molecule has 0 bridgehead atoms. The molecule has 33 heavy (non-hydrogen) atoms. The van der Waals surface area contributed by atoms with Crippen LogP contribution in [0.25, 0.3) is 22.4 Å². The van der Waals surface area contributed by atoms with Gasteiger partial charge in [-0.25, -0.2) is 4.68 Å². The second-order valence-corrected chi connectivity index (χ2v) is 9.51. The van der Waals surface area contributed by atoms with Crippen molar-refractivity contribution in [1.82, 2.24) is 35.6 Å². The normalized spacial score (nSPS) is 11.4. The summed E-state index contributed by atoms with van der Waals surface area (Å²) >= 11 is 3.63. The van der Waals surface area contributed by atoms with Crippen molar-refractivity contribution < 1.29 is 9.47 Å². The fraction of sp³-hybridized carbons (Fsp3) is 0.409. The summed E-state index contributed by atoms with van der Waals surface area (Å²) in [6.07, 6.45) is 1.76.